The Morgan fingerprint density at radius 2 is 1.97 bits per heavy atom. The van der Waals surface area contributed by atoms with Crippen molar-refractivity contribution < 1.29 is 14.3 Å². The summed E-state index contributed by atoms with van der Waals surface area (Å²) in [4.78, 5) is 33.0. The number of hydrogen-bond acceptors (Lipinski definition) is 7. The Balaban J connectivity index is 1.78. The van der Waals surface area contributed by atoms with E-state index in [1.807, 2.05) is 61.7 Å². The highest BCUT2D eigenvalue weighted by atomic mass is 32.1. The van der Waals surface area contributed by atoms with E-state index in [1.54, 1.807) is 22.8 Å². The molecule has 1 atom stereocenters. The Morgan fingerprint density at radius 1 is 1.20 bits per heavy atom. The number of nitrogens with zero attached hydrogens (tertiary/aromatic N) is 2. The SMILES string of the molecule is CCCCCOc1ccc(C2C(C(=O)OC(C)C)=C(C)N=c3s/c(=C\c4cccs4)c(=O)n32)cc1. The van der Waals surface area contributed by atoms with Gasteiger partial charge in [-0.25, -0.2) is 9.79 Å². The van der Waals surface area contributed by atoms with Crippen molar-refractivity contribution in [2.75, 3.05) is 6.61 Å². The monoisotopic (exact) mass is 510 g/mol. The van der Waals surface area contributed by atoms with Gasteiger partial charge in [-0.05, 0) is 62.4 Å². The first-order valence-electron chi connectivity index (χ1n) is 11.9. The van der Waals surface area contributed by atoms with E-state index in [4.69, 9.17) is 9.47 Å². The number of fused-ring (bicyclic) bond motifs is 1. The van der Waals surface area contributed by atoms with Gasteiger partial charge in [-0.1, -0.05) is 49.3 Å². The predicted octanol–water partition coefficient (Wildman–Crippen LogP) is 4.82. The number of thiazole rings is 1. The summed E-state index contributed by atoms with van der Waals surface area (Å²) in [7, 11) is 0. The lowest BCUT2D eigenvalue weighted by molar-refractivity contribution is -0.143. The summed E-state index contributed by atoms with van der Waals surface area (Å²) in [5.74, 6) is 0.306. The molecule has 0 N–H and O–H groups in total. The average Bonchev–Trinajstić information content (AvgIpc) is 3.44. The molecule has 0 aliphatic carbocycles. The Morgan fingerprint density at radius 3 is 2.63 bits per heavy atom. The molecular formula is C27H30N2O4S2. The summed E-state index contributed by atoms with van der Waals surface area (Å²) in [6.07, 6.45) is 4.87. The smallest absolute Gasteiger partial charge is 0.338 e. The molecule has 3 aromatic rings. The second-order valence-corrected chi connectivity index (χ2v) is 10.7. The number of allylic oxidation sites excluding steroid dienone is 1. The minimum Gasteiger partial charge on any atom is -0.494 e. The van der Waals surface area contributed by atoms with E-state index in [2.05, 4.69) is 11.9 Å². The highest BCUT2D eigenvalue weighted by Crippen LogP contribution is 2.32. The molecule has 3 heterocycles. The van der Waals surface area contributed by atoms with Crippen LogP contribution >= 0.6 is 22.7 Å². The summed E-state index contributed by atoms with van der Waals surface area (Å²) in [5, 5.41) is 1.97. The number of carbonyl (C=O) groups is 1. The number of thiophene rings is 1. The number of carbonyl (C=O) groups excluding carboxylic acids is 1. The molecule has 0 bridgehead atoms. The quantitative estimate of drug-likeness (QED) is 0.306. The summed E-state index contributed by atoms with van der Waals surface area (Å²) < 4.78 is 13.6. The first-order chi connectivity index (χ1) is 16.9. The standard InChI is InChI=1S/C27H30N2O4S2/c1-5-6-7-14-32-20-12-10-19(11-13-20)24-23(26(31)33-17(2)3)18(4)28-27-29(24)25(30)22(35-27)16-21-9-8-15-34-21/h8-13,15-17,24H,5-7,14H2,1-4H3/b22-16-. The summed E-state index contributed by atoms with van der Waals surface area (Å²) in [5.41, 5.74) is 1.57. The predicted molar refractivity (Wildman–Crippen MR) is 141 cm³/mol. The molecule has 0 saturated carbocycles. The van der Waals surface area contributed by atoms with Crippen LogP contribution in [0.15, 0.2) is 62.8 Å². The lowest BCUT2D eigenvalue weighted by Gasteiger charge is -2.25. The highest BCUT2D eigenvalue weighted by molar-refractivity contribution is 7.11. The molecule has 2 aromatic heterocycles. The van der Waals surface area contributed by atoms with E-state index in [-0.39, 0.29) is 11.7 Å². The number of unbranched alkanes of at least 4 members (excludes halogenated alkanes) is 2. The third kappa shape index (κ3) is 5.65. The number of rotatable bonds is 9. The van der Waals surface area contributed by atoms with Gasteiger partial charge in [0.15, 0.2) is 4.80 Å². The largest absolute Gasteiger partial charge is 0.494 e. The number of esters is 1. The lowest BCUT2D eigenvalue weighted by atomic mass is 9.96. The fraction of sp³-hybridized carbons (Fsp3) is 0.370. The first-order valence-corrected chi connectivity index (χ1v) is 13.6. The molecule has 4 rings (SSSR count). The normalized spacial score (nSPS) is 15.8. The molecule has 1 aromatic carbocycles. The Kier molecular flexibility index (Phi) is 8.03. The van der Waals surface area contributed by atoms with Crippen LogP contribution in [0, 0.1) is 0 Å². The van der Waals surface area contributed by atoms with Gasteiger partial charge >= 0.3 is 5.97 Å². The van der Waals surface area contributed by atoms with E-state index >= 15 is 0 Å². The van der Waals surface area contributed by atoms with Gasteiger partial charge in [0.05, 0.1) is 34.6 Å². The zero-order valence-corrected chi connectivity index (χ0v) is 22.1. The zero-order chi connectivity index (χ0) is 24.9. The van der Waals surface area contributed by atoms with Crippen LogP contribution in [0.3, 0.4) is 0 Å². The second kappa shape index (κ2) is 11.2. The highest BCUT2D eigenvalue weighted by Gasteiger charge is 2.33. The van der Waals surface area contributed by atoms with Crippen molar-refractivity contribution in [2.45, 2.75) is 59.1 Å². The molecule has 0 saturated heterocycles. The third-order valence-electron chi connectivity index (χ3n) is 5.61. The van der Waals surface area contributed by atoms with Crippen LogP contribution in [0.4, 0.5) is 0 Å². The van der Waals surface area contributed by atoms with Crippen molar-refractivity contribution >= 4 is 34.7 Å². The fourth-order valence-electron chi connectivity index (χ4n) is 3.97. The van der Waals surface area contributed by atoms with E-state index in [9.17, 15) is 9.59 Å². The number of benzene rings is 1. The van der Waals surface area contributed by atoms with Gasteiger partial charge in [0.25, 0.3) is 5.56 Å². The van der Waals surface area contributed by atoms with Crippen LogP contribution in [-0.2, 0) is 9.53 Å². The first kappa shape index (κ1) is 25.1. The van der Waals surface area contributed by atoms with Crippen LogP contribution in [0.25, 0.3) is 6.08 Å². The molecule has 35 heavy (non-hydrogen) atoms. The van der Waals surface area contributed by atoms with Crippen LogP contribution in [0.1, 0.15) is 63.4 Å². The maximum Gasteiger partial charge on any atom is 0.338 e. The molecule has 0 spiro atoms. The molecule has 0 fully saturated rings. The van der Waals surface area contributed by atoms with Crippen molar-refractivity contribution in [1.82, 2.24) is 4.57 Å². The van der Waals surface area contributed by atoms with Crippen molar-refractivity contribution in [3.8, 4) is 5.75 Å². The molecule has 1 aliphatic heterocycles. The van der Waals surface area contributed by atoms with Gasteiger partial charge in [-0.3, -0.25) is 9.36 Å². The molecule has 6 nitrogen and oxygen atoms in total. The second-order valence-electron chi connectivity index (χ2n) is 8.68. The fourth-order valence-corrected chi connectivity index (χ4v) is 5.74. The summed E-state index contributed by atoms with van der Waals surface area (Å²) in [6.45, 7) is 8.24. The Hall–Kier alpha value is -2.97. The maximum absolute atomic E-state index is 13.6. The van der Waals surface area contributed by atoms with E-state index in [0.717, 1.165) is 35.5 Å². The molecule has 0 radical (unpaired) electrons. The zero-order valence-electron chi connectivity index (χ0n) is 20.4. The van der Waals surface area contributed by atoms with Gasteiger partial charge in [-0.15, -0.1) is 11.3 Å². The van der Waals surface area contributed by atoms with Gasteiger partial charge in [-0.2, -0.15) is 0 Å². The number of ether oxygens (including phenoxy) is 2. The van der Waals surface area contributed by atoms with E-state index in [0.29, 0.717) is 27.2 Å². The van der Waals surface area contributed by atoms with Crippen molar-refractivity contribution in [3.63, 3.8) is 0 Å². The molecule has 184 valence electrons. The molecule has 1 aliphatic rings. The lowest BCUT2D eigenvalue weighted by Crippen LogP contribution is -2.40. The summed E-state index contributed by atoms with van der Waals surface area (Å²) in [6, 6.07) is 10.9. The summed E-state index contributed by atoms with van der Waals surface area (Å²) >= 11 is 2.90. The van der Waals surface area contributed by atoms with Crippen molar-refractivity contribution in [3.05, 3.63) is 83.2 Å². The van der Waals surface area contributed by atoms with Gasteiger partial charge < -0.3 is 9.47 Å². The van der Waals surface area contributed by atoms with Gasteiger partial charge in [0, 0.05) is 4.88 Å². The Bertz CT molecular complexity index is 1380. The van der Waals surface area contributed by atoms with Crippen LogP contribution in [-0.4, -0.2) is 23.2 Å². The average molecular weight is 511 g/mol. The van der Waals surface area contributed by atoms with Crippen LogP contribution in [0.2, 0.25) is 0 Å². The molecular weight excluding hydrogens is 480 g/mol. The maximum atomic E-state index is 13.6. The number of aromatic nitrogens is 1. The van der Waals surface area contributed by atoms with Crippen LogP contribution in [0.5, 0.6) is 5.75 Å². The molecule has 1 unspecified atom stereocenters. The Labute approximate surface area is 212 Å². The molecule has 0 amide bonds. The van der Waals surface area contributed by atoms with E-state index < -0.39 is 12.0 Å². The molecule has 8 heteroatoms. The number of hydrogen-bond donors (Lipinski definition) is 0. The van der Waals surface area contributed by atoms with Crippen molar-refractivity contribution in [2.24, 2.45) is 4.99 Å². The van der Waals surface area contributed by atoms with Gasteiger partial charge in [0.1, 0.15) is 5.75 Å². The van der Waals surface area contributed by atoms with Gasteiger partial charge in [0.2, 0.25) is 0 Å². The van der Waals surface area contributed by atoms with E-state index in [1.165, 1.54) is 11.3 Å². The van der Waals surface area contributed by atoms with Crippen LogP contribution < -0.4 is 19.6 Å². The minimum atomic E-state index is -0.628. The van der Waals surface area contributed by atoms with Crippen molar-refractivity contribution in [1.29, 1.82) is 0 Å². The third-order valence-corrected chi connectivity index (χ3v) is 7.42. The topological polar surface area (TPSA) is 69.9 Å². The minimum absolute atomic E-state index is 0.172.